The van der Waals surface area contributed by atoms with Crippen molar-refractivity contribution < 1.29 is 0 Å². The molecule has 2 aromatic heterocycles. The first-order valence-electron chi connectivity index (χ1n) is 4.47. The van der Waals surface area contributed by atoms with Gasteiger partial charge in [-0.25, -0.2) is 9.97 Å². The summed E-state index contributed by atoms with van der Waals surface area (Å²) in [7, 11) is 0. The van der Waals surface area contributed by atoms with Crippen LogP contribution in [0.15, 0.2) is 30.7 Å². The van der Waals surface area contributed by atoms with Gasteiger partial charge in [-0.2, -0.15) is 5.26 Å². The van der Waals surface area contributed by atoms with E-state index in [1.165, 1.54) is 0 Å². The average molecular weight is 199 g/mol. The van der Waals surface area contributed by atoms with Crippen molar-refractivity contribution in [2.75, 3.05) is 5.32 Å². The fourth-order valence-corrected chi connectivity index (χ4v) is 1.18. The second-order valence-electron chi connectivity index (χ2n) is 2.93. The molecule has 0 saturated carbocycles. The van der Waals surface area contributed by atoms with Gasteiger partial charge in [-0.05, 0) is 12.1 Å². The number of pyridine rings is 1. The summed E-state index contributed by atoms with van der Waals surface area (Å²) < 4.78 is 0. The van der Waals surface area contributed by atoms with E-state index in [0.29, 0.717) is 12.2 Å². The van der Waals surface area contributed by atoms with Crippen LogP contribution in [0.2, 0.25) is 0 Å². The molecule has 0 fully saturated rings. The molecule has 0 aliphatic heterocycles. The minimum atomic E-state index is 0.402. The number of nitrogens with one attached hydrogen (secondary N) is 2. The number of nitriles is 1. The highest BCUT2D eigenvalue weighted by Crippen LogP contribution is 2.07. The van der Waals surface area contributed by atoms with E-state index in [4.69, 9.17) is 5.26 Å². The molecule has 0 aliphatic rings. The Morgan fingerprint density at radius 3 is 3.07 bits per heavy atom. The van der Waals surface area contributed by atoms with Gasteiger partial charge in [0.25, 0.3) is 0 Å². The third-order valence-electron chi connectivity index (χ3n) is 1.89. The molecule has 2 aromatic rings. The highest BCUT2D eigenvalue weighted by Gasteiger charge is 1.97. The van der Waals surface area contributed by atoms with Gasteiger partial charge >= 0.3 is 0 Å². The van der Waals surface area contributed by atoms with Gasteiger partial charge in [0, 0.05) is 24.3 Å². The predicted octanol–water partition coefficient (Wildman–Crippen LogP) is 1.29. The summed E-state index contributed by atoms with van der Waals surface area (Å²) in [5, 5.41) is 11.8. The van der Waals surface area contributed by atoms with Crippen molar-refractivity contribution in [1.82, 2.24) is 15.0 Å². The van der Waals surface area contributed by atoms with Gasteiger partial charge in [0.05, 0.1) is 6.54 Å². The van der Waals surface area contributed by atoms with Gasteiger partial charge < -0.3 is 10.3 Å². The van der Waals surface area contributed by atoms with E-state index >= 15 is 0 Å². The van der Waals surface area contributed by atoms with Gasteiger partial charge in [-0.1, -0.05) is 0 Å². The monoisotopic (exact) mass is 199 g/mol. The highest BCUT2D eigenvalue weighted by molar-refractivity contribution is 5.45. The molecule has 15 heavy (non-hydrogen) atoms. The van der Waals surface area contributed by atoms with E-state index in [1.807, 2.05) is 12.1 Å². The number of hydrogen-bond acceptors (Lipinski definition) is 4. The Hall–Kier alpha value is -2.35. The van der Waals surface area contributed by atoms with E-state index in [-0.39, 0.29) is 0 Å². The minimum Gasteiger partial charge on any atom is -0.378 e. The molecule has 0 atom stereocenters. The Bertz CT molecular complexity index is 469. The van der Waals surface area contributed by atoms with Crippen molar-refractivity contribution in [3.8, 4) is 6.07 Å². The van der Waals surface area contributed by atoms with Crippen LogP contribution in [0.5, 0.6) is 0 Å². The lowest BCUT2D eigenvalue weighted by Gasteiger charge is -2.03. The van der Waals surface area contributed by atoms with Crippen LogP contribution in [-0.4, -0.2) is 15.0 Å². The molecule has 0 radical (unpaired) electrons. The predicted molar refractivity (Wildman–Crippen MR) is 54.9 cm³/mol. The standard InChI is InChI=1S/C10H9N5/c11-6-9-5-8(1-2-12-9)15-7-10-13-3-4-14-10/h1-5H,7H2,(H,12,15)(H,13,14). The average Bonchev–Trinajstić information content (AvgIpc) is 2.79. The van der Waals surface area contributed by atoms with Gasteiger partial charge in [-0.15, -0.1) is 0 Å². The molecule has 2 rings (SSSR count). The van der Waals surface area contributed by atoms with Crippen LogP contribution < -0.4 is 5.32 Å². The molecule has 0 aliphatic carbocycles. The first kappa shape index (κ1) is 9.21. The molecule has 0 spiro atoms. The summed E-state index contributed by atoms with van der Waals surface area (Å²) in [4.78, 5) is 10.9. The molecule has 0 aromatic carbocycles. The molecular formula is C10H9N5. The molecule has 5 heteroatoms. The summed E-state index contributed by atoms with van der Waals surface area (Å²) >= 11 is 0. The maximum Gasteiger partial charge on any atom is 0.142 e. The number of anilines is 1. The van der Waals surface area contributed by atoms with Crippen LogP contribution in [0, 0.1) is 11.3 Å². The van der Waals surface area contributed by atoms with E-state index in [1.54, 1.807) is 24.7 Å². The zero-order valence-electron chi connectivity index (χ0n) is 7.94. The van der Waals surface area contributed by atoms with Crippen molar-refractivity contribution in [3.63, 3.8) is 0 Å². The van der Waals surface area contributed by atoms with Crippen molar-refractivity contribution in [1.29, 1.82) is 5.26 Å². The summed E-state index contributed by atoms with van der Waals surface area (Å²) in [6.07, 6.45) is 5.07. The van der Waals surface area contributed by atoms with Crippen molar-refractivity contribution >= 4 is 5.69 Å². The SMILES string of the molecule is N#Cc1cc(NCc2ncc[nH]2)ccn1. The summed E-state index contributed by atoms with van der Waals surface area (Å²) in [5.74, 6) is 0.852. The number of hydrogen-bond donors (Lipinski definition) is 2. The van der Waals surface area contributed by atoms with Crippen molar-refractivity contribution in [2.24, 2.45) is 0 Å². The highest BCUT2D eigenvalue weighted by atomic mass is 15.0. The Morgan fingerprint density at radius 2 is 2.33 bits per heavy atom. The largest absolute Gasteiger partial charge is 0.378 e. The molecule has 0 bridgehead atoms. The van der Waals surface area contributed by atoms with Gasteiger partial charge in [0.15, 0.2) is 0 Å². The maximum atomic E-state index is 8.66. The Labute approximate surface area is 86.8 Å². The molecule has 0 saturated heterocycles. The fraction of sp³-hybridized carbons (Fsp3) is 0.100. The molecule has 0 unspecified atom stereocenters. The number of aromatic amines is 1. The molecular weight excluding hydrogens is 190 g/mol. The van der Waals surface area contributed by atoms with E-state index < -0.39 is 0 Å². The van der Waals surface area contributed by atoms with Crippen molar-refractivity contribution in [2.45, 2.75) is 6.54 Å². The lowest BCUT2D eigenvalue weighted by Crippen LogP contribution is -2.01. The van der Waals surface area contributed by atoms with Gasteiger partial charge in [0.1, 0.15) is 17.6 Å². The summed E-state index contributed by atoms with van der Waals surface area (Å²) in [5.41, 5.74) is 1.26. The normalized spacial score (nSPS) is 9.53. The second kappa shape index (κ2) is 4.24. The van der Waals surface area contributed by atoms with Crippen LogP contribution in [0.1, 0.15) is 11.5 Å². The van der Waals surface area contributed by atoms with Crippen LogP contribution >= 0.6 is 0 Å². The van der Waals surface area contributed by atoms with E-state index in [0.717, 1.165) is 11.5 Å². The van der Waals surface area contributed by atoms with Crippen molar-refractivity contribution in [3.05, 3.63) is 42.2 Å². The number of nitrogens with zero attached hydrogens (tertiary/aromatic N) is 3. The Balaban J connectivity index is 2.02. The van der Waals surface area contributed by atoms with E-state index in [9.17, 15) is 0 Å². The minimum absolute atomic E-state index is 0.402. The van der Waals surface area contributed by atoms with E-state index in [2.05, 4.69) is 20.3 Å². The first-order chi connectivity index (χ1) is 7.38. The number of rotatable bonds is 3. The van der Waals surface area contributed by atoms with Gasteiger partial charge in [-0.3, -0.25) is 0 Å². The summed E-state index contributed by atoms with van der Waals surface area (Å²) in [6, 6.07) is 5.49. The first-order valence-corrected chi connectivity index (χ1v) is 4.47. The third kappa shape index (κ3) is 2.31. The number of H-pyrrole nitrogens is 1. The van der Waals surface area contributed by atoms with Crippen LogP contribution in [0.3, 0.4) is 0 Å². The number of imidazole rings is 1. The molecule has 0 amide bonds. The lowest BCUT2D eigenvalue weighted by molar-refractivity contribution is 0.998. The molecule has 2 N–H and O–H groups in total. The maximum absolute atomic E-state index is 8.66. The zero-order chi connectivity index (χ0) is 10.5. The molecule has 74 valence electrons. The quantitative estimate of drug-likeness (QED) is 0.780. The zero-order valence-corrected chi connectivity index (χ0v) is 7.94. The third-order valence-corrected chi connectivity index (χ3v) is 1.89. The van der Waals surface area contributed by atoms with Gasteiger partial charge in [0.2, 0.25) is 0 Å². The molecule has 2 heterocycles. The van der Waals surface area contributed by atoms with Crippen LogP contribution in [-0.2, 0) is 6.54 Å². The smallest absolute Gasteiger partial charge is 0.142 e. The molecule has 5 nitrogen and oxygen atoms in total. The summed E-state index contributed by atoms with van der Waals surface area (Å²) in [6.45, 7) is 0.599. The fourth-order valence-electron chi connectivity index (χ4n) is 1.18. The number of aromatic nitrogens is 3. The topological polar surface area (TPSA) is 77.4 Å². The van der Waals surface area contributed by atoms with Crippen LogP contribution in [0.4, 0.5) is 5.69 Å². The Kier molecular flexibility index (Phi) is 2.61. The second-order valence-corrected chi connectivity index (χ2v) is 2.93. The Morgan fingerprint density at radius 1 is 1.40 bits per heavy atom. The lowest BCUT2D eigenvalue weighted by atomic mass is 10.3. The van der Waals surface area contributed by atoms with Crippen LogP contribution in [0.25, 0.3) is 0 Å².